The smallest absolute Gasteiger partial charge is 0.221 e. The van der Waals surface area contributed by atoms with Crippen LogP contribution < -0.4 is 0 Å². The first-order valence-corrected chi connectivity index (χ1v) is 7.23. The molecule has 0 saturated carbocycles. The maximum Gasteiger partial charge on any atom is 0.221 e. The number of rotatable bonds is 4. The fourth-order valence-electron chi connectivity index (χ4n) is 1.38. The van der Waals surface area contributed by atoms with E-state index in [0.29, 0.717) is 0 Å². The Hall–Kier alpha value is -1.41. The molecule has 0 fully saturated rings. The number of aromatic nitrogens is 1. The van der Waals surface area contributed by atoms with E-state index in [1.54, 1.807) is 0 Å². The molecule has 1 rings (SSSR count). The first-order chi connectivity index (χ1) is 8.63. The summed E-state index contributed by atoms with van der Waals surface area (Å²) in [6.07, 6.45) is 1.23. The van der Waals surface area contributed by atoms with Gasteiger partial charge in [-0.2, -0.15) is 0 Å². The minimum atomic E-state index is -3.44. The van der Waals surface area contributed by atoms with Crippen LogP contribution in [0.4, 0.5) is 0 Å². The van der Waals surface area contributed by atoms with Gasteiger partial charge in [0.1, 0.15) is 5.62 Å². The lowest BCUT2D eigenvalue weighted by atomic mass is 9.85. The van der Waals surface area contributed by atoms with Gasteiger partial charge < -0.3 is 10.0 Å². The van der Waals surface area contributed by atoms with Gasteiger partial charge in [0.2, 0.25) is 5.91 Å². The van der Waals surface area contributed by atoms with Crippen molar-refractivity contribution in [2.24, 2.45) is 0 Å². The van der Waals surface area contributed by atoms with Crippen LogP contribution in [0, 0.1) is 0 Å². The van der Waals surface area contributed by atoms with Crippen LogP contribution in [0.2, 0.25) is 0 Å². The lowest BCUT2D eigenvalue weighted by molar-refractivity contribution is -0.141. The largest absolute Gasteiger partial charge is 0.374 e. The fourth-order valence-corrected chi connectivity index (χ4v) is 2.28. The summed E-state index contributed by atoms with van der Waals surface area (Å²) in [5.41, 5.74) is -2.27. The number of hydrogen-bond acceptors (Lipinski definition) is 5. The summed E-state index contributed by atoms with van der Waals surface area (Å²) in [4.78, 5) is 15.9. The van der Waals surface area contributed by atoms with Crippen LogP contribution in [-0.2, 0) is 20.3 Å². The van der Waals surface area contributed by atoms with E-state index in [2.05, 4.69) is 4.98 Å². The van der Waals surface area contributed by atoms with Crippen molar-refractivity contribution in [2.45, 2.75) is 24.4 Å². The van der Waals surface area contributed by atoms with Crippen molar-refractivity contribution in [3.63, 3.8) is 0 Å². The molecule has 0 bridgehead atoms. The number of nitrogens with zero attached hydrogens (tertiary/aromatic N) is 2. The quantitative estimate of drug-likeness (QED) is 0.601. The van der Waals surface area contributed by atoms with Gasteiger partial charge in [-0.3, -0.25) is 9.78 Å². The Labute approximate surface area is 113 Å². The standard InChI is InChI=1S/C11H15BN2O4S/c1-4-19(17,18)9-5-6-13-10(7-9)11(12,16)14(3)8(2)15/h5-7,16H,4H2,1-3H3. The third kappa shape index (κ3) is 3.13. The van der Waals surface area contributed by atoms with E-state index in [1.807, 2.05) is 0 Å². The summed E-state index contributed by atoms with van der Waals surface area (Å²) < 4.78 is 23.5. The first-order valence-electron chi connectivity index (χ1n) is 5.58. The summed E-state index contributed by atoms with van der Waals surface area (Å²) in [5.74, 6) is -0.558. The van der Waals surface area contributed by atoms with Crippen molar-refractivity contribution in [3.05, 3.63) is 24.0 Å². The van der Waals surface area contributed by atoms with Gasteiger partial charge in [-0.1, -0.05) is 6.92 Å². The zero-order chi connectivity index (χ0) is 14.8. The third-order valence-corrected chi connectivity index (χ3v) is 4.56. The topological polar surface area (TPSA) is 87.6 Å². The Balaban J connectivity index is 3.31. The van der Waals surface area contributed by atoms with E-state index < -0.39 is 21.4 Å². The molecule has 6 nitrogen and oxygen atoms in total. The molecule has 2 radical (unpaired) electrons. The molecule has 0 spiro atoms. The lowest BCUT2D eigenvalue weighted by Crippen LogP contribution is -2.47. The monoisotopic (exact) mass is 282 g/mol. The highest BCUT2D eigenvalue weighted by molar-refractivity contribution is 7.91. The summed E-state index contributed by atoms with van der Waals surface area (Å²) in [6.45, 7) is 2.73. The molecule has 0 aliphatic rings. The van der Waals surface area contributed by atoms with Crippen LogP contribution in [0.1, 0.15) is 19.5 Å². The number of sulfone groups is 1. The highest BCUT2D eigenvalue weighted by atomic mass is 32.2. The Bertz CT molecular complexity index is 586. The molecular formula is C11H15BN2O4S. The van der Waals surface area contributed by atoms with Crippen molar-refractivity contribution in [3.8, 4) is 0 Å². The SMILES string of the molecule is [B]C(O)(c1cc(S(=O)(=O)CC)ccn1)N(C)C(C)=O. The fraction of sp³-hybridized carbons (Fsp3) is 0.455. The Morgan fingerprint density at radius 2 is 2.16 bits per heavy atom. The minimum Gasteiger partial charge on any atom is -0.374 e. The maximum atomic E-state index is 11.8. The van der Waals surface area contributed by atoms with Crippen LogP contribution in [0.25, 0.3) is 0 Å². The van der Waals surface area contributed by atoms with Gasteiger partial charge >= 0.3 is 0 Å². The average Bonchev–Trinajstić information content (AvgIpc) is 2.37. The van der Waals surface area contributed by atoms with Crippen molar-refractivity contribution >= 4 is 23.6 Å². The predicted octanol–water partition coefficient (Wildman–Crippen LogP) is -0.375. The molecule has 1 N–H and O–H groups in total. The summed E-state index contributed by atoms with van der Waals surface area (Å²) in [5, 5.41) is 10.1. The van der Waals surface area contributed by atoms with Crippen molar-refractivity contribution in [2.75, 3.05) is 12.8 Å². The zero-order valence-corrected chi connectivity index (χ0v) is 11.8. The summed E-state index contributed by atoms with van der Waals surface area (Å²) in [7, 11) is 3.50. The van der Waals surface area contributed by atoms with E-state index in [1.165, 1.54) is 33.2 Å². The molecule has 0 aliphatic heterocycles. The first kappa shape index (κ1) is 15.7. The molecule has 8 heteroatoms. The Morgan fingerprint density at radius 3 is 2.63 bits per heavy atom. The number of carbonyl (C=O) groups excluding carboxylic acids is 1. The number of carbonyl (C=O) groups is 1. The van der Waals surface area contributed by atoms with E-state index in [4.69, 9.17) is 7.85 Å². The summed E-state index contributed by atoms with van der Waals surface area (Å²) in [6, 6.07) is 2.48. The second kappa shape index (κ2) is 5.30. The van der Waals surface area contributed by atoms with Gasteiger partial charge in [-0.05, 0) is 12.1 Å². The van der Waals surface area contributed by atoms with E-state index in [0.717, 1.165) is 11.0 Å². The summed E-state index contributed by atoms with van der Waals surface area (Å²) >= 11 is 0. The molecule has 0 aromatic carbocycles. The number of hydrogen-bond donors (Lipinski definition) is 1. The Morgan fingerprint density at radius 1 is 1.58 bits per heavy atom. The van der Waals surface area contributed by atoms with E-state index >= 15 is 0 Å². The van der Waals surface area contributed by atoms with Gasteiger partial charge in [0.05, 0.1) is 16.3 Å². The van der Waals surface area contributed by atoms with E-state index in [-0.39, 0.29) is 16.3 Å². The molecule has 19 heavy (non-hydrogen) atoms. The molecule has 102 valence electrons. The molecule has 1 amide bonds. The molecule has 1 heterocycles. The highest BCUT2D eigenvalue weighted by Crippen LogP contribution is 2.22. The minimum absolute atomic E-state index is 0.000766. The average molecular weight is 282 g/mol. The molecule has 0 aliphatic carbocycles. The van der Waals surface area contributed by atoms with Crippen molar-refractivity contribution in [1.29, 1.82) is 0 Å². The van der Waals surface area contributed by atoms with E-state index in [9.17, 15) is 18.3 Å². The normalized spacial score (nSPS) is 14.7. The number of aliphatic hydroxyl groups is 1. The second-order valence-corrected chi connectivity index (χ2v) is 6.36. The van der Waals surface area contributed by atoms with Crippen LogP contribution >= 0.6 is 0 Å². The van der Waals surface area contributed by atoms with Crippen molar-refractivity contribution in [1.82, 2.24) is 9.88 Å². The lowest BCUT2D eigenvalue weighted by Gasteiger charge is -2.33. The molecular weight excluding hydrogens is 267 g/mol. The molecule has 1 aromatic rings. The van der Waals surface area contributed by atoms with Gasteiger partial charge in [0.25, 0.3) is 0 Å². The van der Waals surface area contributed by atoms with Crippen LogP contribution in [-0.4, -0.2) is 50.0 Å². The van der Waals surface area contributed by atoms with Gasteiger partial charge in [-0.25, -0.2) is 8.42 Å². The second-order valence-electron chi connectivity index (χ2n) is 4.08. The molecule has 0 saturated heterocycles. The van der Waals surface area contributed by atoms with Crippen LogP contribution in [0.15, 0.2) is 23.2 Å². The zero-order valence-electron chi connectivity index (χ0n) is 11.0. The number of pyridine rings is 1. The molecule has 1 unspecified atom stereocenters. The van der Waals surface area contributed by atoms with Gasteiger partial charge in [0.15, 0.2) is 17.7 Å². The van der Waals surface area contributed by atoms with Crippen LogP contribution in [0.3, 0.4) is 0 Å². The van der Waals surface area contributed by atoms with Gasteiger partial charge in [-0.15, -0.1) is 0 Å². The predicted molar refractivity (Wildman–Crippen MR) is 70.1 cm³/mol. The number of amides is 1. The van der Waals surface area contributed by atoms with Gasteiger partial charge in [0, 0.05) is 20.2 Å². The third-order valence-electron chi connectivity index (χ3n) is 2.83. The maximum absolute atomic E-state index is 11.8. The van der Waals surface area contributed by atoms with Crippen molar-refractivity contribution < 1.29 is 18.3 Å². The Kier molecular flexibility index (Phi) is 4.37. The van der Waals surface area contributed by atoms with Crippen LogP contribution in [0.5, 0.6) is 0 Å². The molecule has 1 aromatic heterocycles. The molecule has 1 atom stereocenters. The highest BCUT2D eigenvalue weighted by Gasteiger charge is 2.31.